The third kappa shape index (κ3) is 1.50. The number of imidazole rings is 1. The molecule has 18 heavy (non-hydrogen) atoms. The third-order valence-corrected chi connectivity index (χ3v) is 4.43. The van der Waals surface area contributed by atoms with Crippen molar-refractivity contribution >= 4 is 28.6 Å². The number of rotatable bonds is 1. The number of halogens is 1. The molecule has 2 aromatic rings. The highest BCUT2D eigenvalue weighted by molar-refractivity contribution is 6.28. The van der Waals surface area contributed by atoms with E-state index in [9.17, 15) is 0 Å². The average Bonchev–Trinajstić information content (AvgIpc) is 3.01. The molecule has 2 aromatic heterocycles. The Hall–Kier alpha value is -1.36. The summed E-state index contributed by atoms with van der Waals surface area (Å²) < 4.78 is 0. The van der Waals surface area contributed by atoms with E-state index in [1.54, 1.807) is 6.33 Å². The van der Waals surface area contributed by atoms with Gasteiger partial charge in [-0.15, -0.1) is 0 Å². The Morgan fingerprint density at radius 1 is 1.22 bits per heavy atom. The van der Waals surface area contributed by atoms with Crippen LogP contribution in [0, 0.1) is 11.8 Å². The van der Waals surface area contributed by atoms with Crippen LogP contribution in [-0.4, -0.2) is 33.0 Å². The van der Waals surface area contributed by atoms with Gasteiger partial charge in [-0.3, -0.25) is 0 Å². The van der Waals surface area contributed by atoms with E-state index in [4.69, 9.17) is 11.6 Å². The predicted octanol–water partition coefficient (Wildman–Crippen LogP) is 2.24. The Kier molecular flexibility index (Phi) is 2.24. The molecule has 0 spiro atoms. The minimum Gasteiger partial charge on any atom is -0.354 e. The van der Waals surface area contributed by atoms with Crippen LogP contribution < -0.4 is 4.90 Å². The first-order valence-electron chi connectivity index (χ1n) is 6.43. The SMILES string of the molecule is Clc1nc(N2CC3CCCC3C2)c2[nH]cnc2n1. The molecule has 4 rings (SSSR count). The normalized spacial score (nSPS) is 27.1. The van der Waals surface area contributed by atoms with Gasteiger partial charge in [-0.05, 0) is 36.3 Å². The van der Waals surface area contributed by atoms with Gasteiger partial charge in [-0.25, -0.2) is 4.98 Å². The first-order valence-corrected chi connectivity index (χ1v) is 6.80. The van der Waals surface area contributed by atoms with Crippen LogP contribution in [0.3, 0.4) is 0 Å². The average molecular weight is 264 g/mol. The minimum absolute atomic E-state index is 0.279. The molecule has 6 heteroatoms. The minimum atomic E-state index is 0.279. The summed E-state index contributed by atoms with van der Waals surface area (Å²) in [5.74, 6) is 2.57. The van der Waals surface area contributed by atoms with Crippen LogP contribution >= 0.6 is 11.6 Å². The summed E-state index contributed by atoms with van der Waals surface area (Å²) in [4.78, 5) is 18.1. The quantitative estimate of drug-likeness (QED) is 0.802. The Morgan fingerprint density at radius 3 is 2.78 bits per heavy atom. The number of hydrogen-bond acceptors (Lipinski definition) is 4. The van der Waals surface area contributed by atoms with E-state index in [-0.39, 0.29) is 5.28 Å². The van der Waals surface area contributed by atoms with Gasteiger partial charge in [0.2, 0.25) is 5.28 Å². The van der Waals surface area contributed by atoms with E-state index in [0.29, 0.717) is 5.65 Å². The fourth-order valence-corrected chi connectivity index (χ4v) is 3.59. The number of fused-ring (bicyclic) bond motifs is 2. The topological polar surface area (TPSA) is 57.7 Å². The van der Waals surface area contributed by atoms with E-state index >= 15 is 0 Å². The van der Waals surface area contributed by atoms with Gasteiger partial charge < -0.3 is 9.88 Å². The second kappa shape index (κ2) is 3.82. The largest absolute Gasteiger partial charge is 0.354 e. The second-order valence-electron chi connectivity index (χ2n) is 5.27. The molecule has 3 heterocycles. The Morgan fingerprint density at radius 2 is 2.00 bits per heavy atom. The van der Waals surface area contributed by atoms with Crippen molar-refractivity contribution in [1.29, 1.82) is 0 Å². The van der Waals surface area contributed by atoms with Gasteiger partial charge in [-0.1, -0.05) is 6.42 Å². The molecule has 94 valence electrons. The maximum atomic E-state index is 5.98. The van der Waals surface area contributed by atoms with Crippen molar-refractivity contribution in [2.75, 3.05) is 18.0 Å². The monoisotopic (exact) mass is 263 g/mol. The fourth-order valence-electron chi connectivity index (χ4n) is 3.43. The molecule has 1 saturated carbocycles. The number of nitrogens with zero attached hydrogens (tertiary/aromatic N) is 4. The van der Waals surface area contributed by atoms with Crippen LogP contribution in [0.1, 0.15) is 19.3 Å². The van der Waals surface area contributed by atoms with Crippen molar-refractivity contribution in [3.63, 3.8) is 0 Å². The van der Waals surface area contributed by atoms with E-state index in [1.807, 2.05) is 0 Å². The molecule has 0 amide bonds. The molecule has 1 aliphatic carbocycles. The molecule has 2 unspecified atom stereocenters. The lowest BCUT2D eigenvalue weighted by atomic mass is 10.0. The molecule has 2 aliphatic rings. The van der Waals surface area contributed by atoms with Gasteiger partial charge in [0.1, 0.15) is 5.52 Å². The van der Waals surface area contributed by atoms with Crippen molar-refractivity contribution in [1.82, 2.24) is 19.9 Å². The lowest BCUT2D eigenvalue weighted by molar-refractivity contribution is 0.494. The first-order chi connectivity index (χ1) is 8.81. The molecule has 0 radical (unpaired) electrons. The smallest absolute Gasteiger partial charge is 0.226 e. The van der Waals surface area contributed by atoms with Crippen LogP contribution in [0.15, 0.2) is 6.33 Å². The third-order valence-electron chi connectivity index (χ3n) is 4.27. The zero-order valence-electron chi connectivity index (χ0n) is 9.93. The van der Waals surface area contributed by atoms with Gasteiger partial charge in [0.15, 0.2) is 11.5 Å². The molecule has 2 fully saturated rings. The molecular formula is C12H14ClN5. The standard InChI is InChI=1S/C12H14ClN5/c13-12-16-10-9(14-6-15-10)11(17-12)18-4-7-2-1-3-8(7)5-18/h6-8H,1-5H2,(H,14,15,16,17). The number of anilines is 1. The maximum Gasteiger partial charge on any atom is 0.226 e. The van der Waals surface area contributed by atoms with Gasteiger partial charge in [-0.2, -0.15) is 9.97 Å². The predicted molar refractivity (Wildman–Crippen MR) is 69.7 cm³/mol. The van der Waals surface area contributed by atoms with E-state index in [1.165, 1.54) is 19.3 Å². The van der Waals surface area contributed by atoms with Gasteiger partial charge in [0.25, 0.3) is 0 Å². The summed E-state index contributed by atoms with van der Waals surface area (Å²) in [6.45, 7) is 2.18. The summed E-state index contributed by atoms with van der Waals surface area (Å²) in [7, 11) is 0. The van der Waals surface area contributed by atoms with E-state index < -0.39 is 0 Å². The van der Waals surface area contributed by atoms with Crippen molar-refractivity contribution in [3.05, 3.63) is 11.6 Å². The zero-order chi connectivity index (χ0) is 12.1. The lowest BCUT2D eigenvalue weighted by Crippen LogP contribution is -2.22. The molecule has 0 aromatic carbocycles. The van der Waals surface area contributed by atoms with E-state index in [2.05, 4.69) is 24.8 Å². The van der Waals surface area contributed by atoms with E-state index in [0.717, 1.165) is 36.3 Å². The summed E-state index contributed by atoms with van der Waals surface area (Å²) in [6, 6.07) is 0. The summed E-state index contributed by atoms with van der Waals surface area (Å²) >= 11 is 5.98. The molecule has 1 aliphatic heterocycles. The zero-order valence-corrected chi connectivity index (χ0v) is 10.7. The van der Waals surface area contributed by atoms with Gasteiger partial charge in [0.05, 0.1) is 6.33 Å². The number of nitrogens with one attached hydrogen (secondary N) is 1. The van der Waals surface area contributed by atoms with Crippen molar-refractivity contribution in [2.24, 2.45) is 11.8 Å². The number of aromatic amines is 1. The summed E-state index contributed by atoms with van der Waals surface area (Å²) in [6.07, 6.45) is 5.74. The van der Waals surface area contributed by atoms with Crippen LogP contribution in [0.2, 0.25) is 5.28 Å². The Bertz CT molecular complexity index is 583. The fraction of sp³-hybridized carbons (Fsp3) is 0.583. The number of aromatic nitrogens is 4. The number of hydrogen-bond donors (Lipinski definition) is 1. The summed E-state index contributed by atoms with van der Waals surface area (Å²) in [5.41, 5.74) is 1.56. The van der Waals surface area contributed by atoms with Crippen molar-refractivity contribution in [3.8, 4) is 0 Å². The first kappa shape index (κ1) is 10.6. The van der Waals surface area contributed by atoms with Crippen LogP contribution in [-0.2, 0) is 0 Å². The number of H-pyrrole nitrogens is 1. The molecular weight excluding hydrogens is 250 g/mol. The van der Waals surface area contributed by atoms with Crippen LogP contribution in [0.5, 0.6) is 0 Å². The van der Waals surface area contributed by atoms with Gasteiger partial charge in [0, 0.05) is 13.1 Å². The summed E-state index contributed by atoms with van der Waals surface area (Å²) in [5, 5.41) is 0.279. The Labute approximate surface area is 110 Å². The maximum absolute atomic E-state index is 5.98. The molecule has 0 bridgehead atoms. The molecule has 1 saturated heterocycles. The van der Waals surface area contributed by atoms with Crippen LogP contribution in [0.4, 0.5) is 5.82 Å². The lowest BCUT2D eigenvalue weighted by Gasteiger charge is -2.18. The van der Waals surface area contributed by atoms with Gasteiger partial charge >= 0.3 is 0 Å². The molecule has 1 N–H and O–H groups in total. The highest BCUT2D eigenvalue weighted by Gasteiger charge is 2.37. The highest BCUT2D eigenvalue weighted by Crippen LogP contribution is 2.40. The molecule has 2 atom stereocenters. The molecule has 5 nitrogen and oxygen atoms in total. The van der Waals surface area contributed by atoms with Crippen molar-refractivity contribution < 1.29 is 0 Å². The van der Waals surface area contributed by atoms with Crippen LogP contribution in [0.25, 0.3) is 11.2 Å². The Balaban J connectivity index is 1.76. The highest BCUT2D eigenvalue weighted by atomic mass is 35.5. The van der Waals surface area contributed by atoms with Crippen molar-refractivity contribution in [2.45, 2.75) is 19.3 Å². The second-order valence-corrected chi connectivity index (χ2v) is 5.61.